The molecular weight excluding hydrogens is 226 g/mol. The largest absolute Gasteiger partial charge is 0.353 e. The van der Waals surface area contributed by atoms with Crippen molar-refractivity contribution in [3.63, 3.8) is 0 Å². The van der Waals surface area contributed by atoms with Crippen LogP contribution in [0.3, 0.4) is 0 Å². The molecule has 1 aromatic carbocycles. The SMILES string of the molecule is Cc1cccc2c1CC(C(=O)NC1CC1)CC2=O. The van der Waals surface area contributed by atoms with Crippen molar-refractivity contribution in [2.75, 3.05) is 0 Å². The molecule has 94 valence electrons. The molecule has 0 radical (unpaired) electrons. The number of benzene rings is 1. The van der Waals surface area contributed by atoms with E-state index in [-0.39, 0.29) is 17.6 Å². The average Bonchev–Trinajstić information content (AvgIpc) is 3.14. The van der Waals surface area contributed by atoms with Gasteiger partial charge in [0.25, 0.3) is 0 Å². The lowest BCUT2D eigenvalue weighted by molar-refractivity contribution is -0.125. The molecule has 3 nitrogen and oxygen atoms in total. The number of hydrogen-bond donors (Lipinski definition) is 1. The first-order valence-electron chi connectivity index (χ1n) is 6.57. The molecule has 1 N–H and O–H groups in total. The summed E-state index contributed by atoms with van der Waals surface area (Å²) >= 11 is 0. The lowest BCUT2D eigenvalue weighted by Gasteiger charge is -2.24. The number of carbonyl (C=O) groups excluding carboxylic acids is 2. The highest BCUT2D eigenvalue weighted by Crippen LogP contribution is 2.29. The van der Waals surface area contributed by atoms with Gasteiger partial charge in [0.15, 0.2) is 5.78 Å². The first-order valence-corrected chi connectivity index (χ1v) is 6.57. The number of nitrogens with one attached hydrogen (secondary N) is 1. The molecule has 1 amide bonds. The fourth-order valence-electron chi connectivity index (χ4n) is 2.62. The summed E-state index contributed by atoms with van der Waals surface area (Å²) in [6.45, 7) is 2.01. The zero-order chi connectivity index (χ0) is 12.7. The molecule has 1 atom stereocenters. The molecule has 1 aromatic rings. The van der Waals surface area contributed by atoms with Gasteiger partial charge in [0.05, 0.1) is 0 Å². The summed E-state index contributed by atoms with van der Waals surface area (Å²) < 4.78 is 0. The third-order valence-electron chi connectivity index (χ3n) is 3.89. The van der Waals surface area contributed by atoms with Crippen molar-refractivity contribution < 1.29 is 9.59 Å². The predicted molar refractivity (Wildman–Crippen MR) is 68.5 cm³/mol. The number of amides is 1. The van der Waals surface area contributed by atoms with Crippen molar-refractivity contribution in [2.45, 2.75) is 38.6 Å². The highest BCUT2D eigenvalue weighted by atomic mass is 16.2. The number of hydrogen-bond acceptors (Lipinski definition) is 2. The maximum Gasteiger partial charge on any atom is 0.224 e. The molecule has 0 saturated heterocycles. The Morgan fingerprint density at radius 3 is 2.78 bits per heavy atom. The number of ketones is 1. The Kier molecular flexibility index (Phi) is 2.69. The smallest absolute Gasteiger partial charge is 0.224 e. The van der Waals surface area contributed by atoms with Gasteiger partial charge in [-0.1, -0.05) is 18.2 Å². The quantitative estimate of drug-likeness (QED) is 0.863. The van der Waals surface area contributed by atoms with Crippen LogP contribution in [-0.2, 0) is 11.2 Å². The van der Waals surface area contributed by atoms with Crippen molar-refractivity contribution in [3.8, 4) is 0 Å². The lowest BCUT2D eigenvalue weighted by atomic mass is 9.80. The van der Waals surface area contributed by atoms with Crippen molar-refractivity contribution in [3.05, 3.63) is 34.9 Å². The summed E-state index contributed by atoms with van der Waals surface area (Å²) in [5, 5.41) is 3.00. The van der Waals surface area contributed by atoms with E-state index in [1.54, 1.807) is 0 Å². The van der Waals surface area contributed by atoms with Gasteiger partial charge in [-0.25, -0.2) is 0 Å². The van der Waals surface area contributed by atoms with Gasteiger partial charge in [-0.15, -0.1) is 0 Å². The van der Waals surface area contributed by atoms with Gasteiger partial charge in [0, 0.05) is 23.9 Å². The summed E-state index contributed by atoms with van der Waals surface area (Å²) in [7, 11) is 0. The summed E-state index contributed by atoms with van der Waals surface area (Å²) in [5.74, 6) is -0.0117. The van der Waals surface area contributed by atoms with Gasteiger partial charge in [0.2, 0.25) is 5.91 Å². The van der Waals surface area contributed by atoms with Crippen LogP contribution in [0, 0.1) is 12.8 Å². The van der Waals surface area contributed by atoms with Crippen LogP contribution >= 0.6 is 0 Å². The van der Waals surface area contributed by atoms with Gasteiger partial charge in [-0.05, 0) is 37.3 Å². The van der Waals surface area contributed by atoms with Gasteiger partial charge in [-0.3, -0.25) is 9.59 Å². The second-order valence-corrected chi connectivity index (χ2v) is 5.41. The standard InChI is InChI=1S/C15H17NO2/c1-9-3-2-4-12-13(9)7-10(8-14(12)17)15(18)16-11-5-6-11/h2-4,10-11H,5-8H2,1H3,(H,16,18). The van der Waals surface area contributed by atoms with Crippen molar-refractivity contribution in [1.29, 1.82) is 0 Å². The van der Waals surface area contributed by atoms with E-state index in [9.17, 15) is 9.59 Å². The molecule has 0 heterocycles. The number of aryl methyl sites for hydroxylation is 1. The molecule has 0 aliphatic heterocycles. The van der Waals surface area contributed by atoms with Crippen LogP contribution in [-0.4, -0.2) is 17.7 Å². The van der Waals surface area contributed by atoms with Gasteiger partial charge in [0.1, 0.15) is 0 Å². The number of carbonyl (C=O) groups is 2. The van der Waals surface area contributed by atoms with Crippen LogP contribution in [0.1, 0.15) is 40.7 Å². The van der Waals surface area contributed by atoms with E-state index < -0.39 is 0 Å². The molecule has 18 heavy (non-hydrogen) atoms. The maximum atomic E-state index is 12.1. The van der Waals surface area contributed by atoms with E-state index >= 15 is 0 Å². The van der Waals surface area contributed by atoms with E-state index in [2.05, 4.69) is 5.32 Å². The van der Waals surface area contributed by atoms with Crippen molar-refractivity contribution in [1.82, 2.24) is 5.32 Å². The topological polar surface area (TPSA) is 46.2 Å². The Morgan fingerprint density at radius 1 is 1.28 bits per heavy atom. The highest BCUT2D eigenvalue weighted by molar-refractivity contribution is 6.01. The maximum absolute atomic E-state index is 12.1. The molecule has 0 aromatic heterocycles. The summed E-state index contributed by atoms with van der Waals surface area (Å²) in [5.41, 5.74) is 2.99. The Labute approximate surface area is 107 Å². The molecule has 1 fully saturated rings. The van der Waals surface area contributed by atoms with E-state index in [1.807, 2.05) is 25.1 Å². The lowest BCUT2D eigenvalue weighted by Crippen LogP contribution is -2.37. The van der Waals surface area contributed by atoms with Crippen LogP contribution in [0.4, 0.5) is 0 Å². The van der Waals surface area contributed by atoms with E-state index in [0.29, 0.717) is 18.9 Å². The third kappa shape index (κ3) is 2.05. The van der Waals surface area contributed by atoms with Crippen molar-refractivity contribution >= 4 is 11.7 Å². The fourth-order valence-corrected chi connectivity index (χ4v) is 2.62. The summed E-state index contributed by atoms with van der Waals surface area (Å²) in [6.07, 6.45) is 3.23. The second kappa shape index (κ2) is 4.23. The van der Waals surface area contributed by atoms with E-state index in [4.69, 9.17) is 0 Å². The van der Waals surface area contributed by atoms with Crippen LogP contribution in [0.5, 0.6) is 0 Å². The fraction of sp³-hybridized carbons (Fsp3) is 0.467. The molecule has 1 unspecified atom stereocenters. The molecule has 0 spiro atoms. The zero-order valence-corrected chi connectivity index (χ0v) is 10.5. The zero-order valence-electron chi connectivity index (χ0n) is 10.5. The minimum atomic E-state index is -0.174. The Morgan fingerprint density at radius 2 is 2.06 bits per heavy atom. The van der Waals surface area contributed by atoms with Crippen LogP contribution < -0.4 is 5.32 Å². The Bertz CT molecular complexity index is 517. The minimum Gasteiger partial charge on any atom is -0.353 e. The van der Waals surface area contributed by atoms with Crippen LogP contribution in [0.2, 0.25) is 0 Å². The molecule has 0 bridgehead atoms. The monoisotopic (exact) mass is 243 g/mol. The molecule has 2 aliphatic rings. The van der Waals surface area contributed by atoms with E-state index in [1.165, 1.54) is 0 Å². The number of Topliss-reactive ketones (excluding diaryl/α,β-unsaturated/α-hetero) is 1. The highest BCUT2D eigenvalue weighted by Gasteiger charge is 2.33. The van der Waals surface area contributed by atoms with Crippen molar-refractivity contribution in [2.24, 2.45) is 5.92 Å². The molecule has 2 aliphatic carbocycles. The molecule has 1 saturated carbocycles. The van der Waals surface area contributed by atoms with Crippen LogP contribution in [0.25, 0.3) is 0 Å². The first kappa shape index (κ1) is 11.5. The van der Waals surface area contributed by atoms with Gasteiger partial charge >= 0.3 is 0 Å². The van der Waals surface area contributed by atoms with Gasteiger partial charge in [-0.2, -0.15) is 0 Å². The Balaban J connectivity index is 1.83. The number of fused-ring (bicyclic) bond motifs is 1. The minimum absolute atomic E-state index is 0.0553. The average molecular weight is 243 g/mol. The molecular formula is C15H17NO2. The third-order valence-corrected chi connectivity index (χ3v) is 3.89. The van der Waals surface area contributed by atoms with E-state index in [0.717, 1.165) is 29.5 Å². The first-order chi connectivity index (χ1) is 8.65. The molecule has 3 heteroatoms. The molecule has 3 rings (SSSR count). The van der Waals surface area contributed by atoms with Crippen LogP contribution in [0.15, 0.2) is 18.2 Å². The normalized spacial score (nSPS) is 22.5. The summed E-state index contributed by atoms with van der Waals surface area (Å²) in [6, 6.07) is 6.16. The number of rotatable bonds is 2. The summed E-state index contributed by atoms with van der Waals surface area (Å²) in [4.78, 5) is 24.1. The van der Waals surface area contributed by atoms with Gasteiger partial charge < -0.3 is 5.32 Å². The second-order valence-electron chi connectivity index (χ2n) is 5.41. The Hall–Kier alpha value is -1.64. The predicted octanol–water partition coefficient (Wildman–Crippen LogP) is 2.02.